The summed E-state index contributed by atoms with van der Waals surface area (Å²) in [6.07, 6.45) is -5.59. The van der Waals surface area contributed by atoms with Crippen molar-refractivity contribution in [1.29, 1.82) is 0 Å². The molecule has 3 N–H and O–H groups in total. The molecule has 1 rings (SSSR count). The molecule has 0 fully saturated rings. The molecule has 1 aromatic rings. The standard InChI is InChI=1S/C12H17F3N2O2S/c1-9-3-4-11(7-10(9)8-16)20(18,19)17-6-2-5-12(13,14)15/h3-4,7,17H,2,5-6,8,16H2,1H3. The van der Waals surface area contributed by atoms with Crippen molar-refractivity contribution < 1.29 is 21.6 Å². The molecule has 0 aliphatic rings. The van der Waals surface area contributed by atoms with Gasteiger partial charge in [0.05, 0.1) is 4.90 Å². The van der Waals surface area contributed by atoms with Gasteiger partial charge in [0.15, 0.2) is 0 Å². The van der Waals surface area contributed by atoms with Crippen LogP contribution in [0.4, 0.5) is 13.2 Å². The highest BCUT2D eigenvalue weighted by atomic mass is 32.2. The average Bonchev–Trinajstić information content (AvgIpc) is 2.34. The summed E-state index contributed by atoms with van der Waals surface area (Å²) >= 11 is 0. The van der Waals surface area contributed by atoms with Gasteiger partial charge in [0.25, 0.3) is 0 Å². The Morgan fingerprint density at radius 2 is 1.95 bits per heavy atom. The molecule has 0 bridgehead atoms. The minimum atomic E-state index is -4.28. The van der Waals surface area contributed by atoms with Gasteiger partial charge in [-0.2, -0.15) is 13.2 Å². The van der Waals surface area contributed by atoms with Gasteiger partial charge in [-0.3, -0.25) is 0 Å². The maximum absolute atomic E-state index is 12.0. The van der Waals surface area contributed by atoms with Gasteiger partial charge in [0, 0.05) is 19.5 Å². The van der Waals surface area contributed by atoms with Crippen LogP contribution in [0.5, 0.6) is 0 Å². The van der Waals surface area contributed by atoms with Crippen LogP contribution < -0.4 is 10.5 Å². The third kappa shape index (κ3) is 5.10. The summed E-state index contributed by atoms with van der Waals surface area (Å²) in [6.45, 7) is 1.74. The Morgan fingerprint density at radius 1 is 1.30 bits per heavy atom. The number of alkyl halides is 3. The van der Waals surface area contributed by atoms with E-state index in [1.54, 1.807) is 13.0 Å². The monoisotopic (exact) mass is 310 g/mol. The number of rotatable bonds is 6. The third-order valence-corrected chi connectivity index (χ3v) is 4.24. The van der Waals surface area contributed by atoms with E-state index in [1.807, 2.05) is 0 Å². The predicted molar refractivity (Wildman–Crippen MR) is 69.5 cm³/mol. The molecule has 0 aliphatic carbocycles. The smallest absolute Gasteiger partial charge is 0.326 e. The fraction of sp³-hybridized carbons (Fsp3) is 0.500. The number of halogens is 3. The first-order valence-electron chi connectivity index (χ1n) is 6.02. The van der Waals surface area contributed by atoms with Crippen molar-refractivity contribution in [2.24, 2.45) is 5.73 Å². The largest absolute Gasteiger partial charge is 0.389 e. The van der Waals surface area contributed by atoms with E-state index in [-0.39, 0.29) is 24.4 Å². The fourth-order valence-electron chi connectivity index (χ4n) is 1.61. The highest BCUT2D eigenvalue weighted by Crippen LogP contribution is 2.21. The molecule has 0 heterocycles. The van der Waals surface area contributed by atoms with E-state index in [0.29, 0.717) is 5.56 Å². The Hall–Kier alpha value is -1.12. The van der Waals surface area contributed by atoms with Gasteiger partial charge in [-0.25, -0.2) is 13.1 Å². The lowest BCUT2D eigenvalue weighted by atomic mass is 10.1. The van der Waals surface area contributed by atoms with Gasteiger partial charge in [-0.1, -0.05) is 6.07 Å². The molecule has 0 radical (unpaired) electrons. The molecule has 0 aliphatic heterocycles. The van der Waals surface area contributed by atoms with E-state index in [9.17, 15) is 21.6 Å². The molecule has 0 saturated heterocycles. The molecule has 20 heavy (non-hydrogen) atoms. The average molecular weight is 310 g/mol. The first-order chi connectivity index (χ1) is 9.15. The lowest BCUT2D eigenvalue weighted by Gasteiger charge is -2.10. The molecule has 0 aromatic heterocycles. The van der Waals surface area contributed by atoms with Crippen molar-refractivity contribution in [2.75, 3.05) is 6.54 Å². The van der Waals surface area contributed by atoms with Crippen molar-refractivity contribution in [1.82, 2.24) is 4.72 Å². The topological polar surface area (TPSA) is 72.2 Å². The summed E-state index contributed by atoms with van der Waals surface area (Å²) in [5.41, 5.74) is 7.04. The molecule has 0 saturated carbocycles. The van der Waals surface area contributed by atoms with Crippen molar-refractivity contribution >= 4 is 10.0 Å². The van der Waals surface area contributed by atoms with Crippen LogP contribution in [0.3, 0.4) is 0 Å². The minimum Gasteiger partial charge on any atom is -0.326 e. The van der Waals surface area contributed by atoms with Crippen molar-refractivity contribution in [3.05, 3.63) is 29.3 Å². The lowest BCUT2D eigenvalue weighted by Crippen LogP contribution is -2.26. The summed E-state index contributed by atoms with van der Waals surface area (Å²) < 4.78 is 61.8. The van der Waals surface area contributed by atoms with Gasteiger partial charge in [-0.15, -0.1) is 0 Å². The summed E-state index contributed by atoms with van der Waals surface area (Å²) in [6, 6.07) is 4.45. The second-order valence-corrected chi connectivity index (χ2v) is 6.18. The van der Waals surface area contributed by atoms with E-state index in [1.165, 1.54) is 12.1 Å². The number of hydrogen-bond donors (Lipinski definition) is 2. The highest BCUT2D eigenvalue weighted by Gasteiger charge is 2.26. The minimum absolute atomic E-state index is 0.00978. The zero-order chi connectivity index (χ0) is 15.4. The molecular formula is C12H17F3N2O2S. The van der Waals surface area contributed by atoms with Gasteiger partial charge in [0.2, 0.25) is 10.0 Å². The second-order valence-electron chi connectivity index (χ2n) is 4.41. The fourth-order valence-corrected chi connectivity index (χ4v) is 2.74. The van der Waals surface area contributed by atoms with E-state index >= 15 is 0 Å². The zero-order valence-electron chi connectivity index (χ0n) is 11.0. The molecule has 8 heteroatoms. The zero-order valence-corrected chi connectivity index (χ0v) is 11.8. The molecule has 114 valence electrons. The Balaban J connectivity index is 2.69. The Labute approximate surface area is 116 Å². The number of benzene rings is 1. The maximum atomic E-state index is 12.0. The molecule has 0 spiro atoms. The van der Waals surface area contributed by atoms with Crippen molar-refractivity contribution in [3.63, 3.8) is 0 Å². The Morgan fingerprint density at radius 3 is 2.50 bits per heavy atom. The maximum Gasteiger partial charge on any atom is 0.389 e. The highest BCUT2D eigenvalue weighted by molar-refractivity contribution is 7.89. The van der Waals surface area contributed by atoms with Gasteiger partial charge < -0.3 is 5.73 Å². The predicted octanol–water partition coefficient (Wildman–Crippen LogP) is 2.07. The van der Waals surface area contributed by atoms with Crippen LogP contribution in [0.1, 0.15) is 24.0 Å². The van der Waals surface area contributed by atoms with Crippen molar-refractivity contribution in [2.45, 2.75) is 37.4 Å². The van der Waals surface area contributed by atoms with E-state index in [0.717, 1.165) is 5.56 Å². The number of aryl methyl sites for hydroxylation is 1. The lowest BCUT2D eigenvalue weighted by molar-refractivity contribution is -0.135. The summed E-state index contributed by atoms with van der Waals surface area (Å²) in [5.74, 6) is 0. The first-order valence-corrected chi connectivity index (χ1v) is 7.50. The number of nitrogens with one attached hydrogen (secondary N) is 1. The SMILES string of the molecule is Cc1ccc(S(=O)(=O)NCCCC(F)(F)F)cc1CN. The molecular weight excluding hydrogens is 293 g/mol. The van der Waals surface area contributed by atoms with Crippen LogP contribution in [0.25, 0.3) is 0 Å². The molecule has 0 atom stereocenters. The number of hydrogen-bond acceptors (Lipinski definition) is 3. The molecule has 0 amide bonds. The van der Waals surface area contributed by atoms with Gasteiger partial charge in [-0.05, 0) is 36.6 Å². The van der Waals surface area contributed by atoms with Crippen LogP contribution in [0, 0.1) is 6.92 Å². The van der Waals surface area contributed by atoms with Crippen LogP contribution >= 0.6 is 0 Å². The quantitative estimate of drug-likeness (QED) is 0.790. The second kappa shape index (κ2) is 6.55. The number of sulfonamides is 1. The van der Waals surface area contributed by atoms with E-state index < -0.39 is 22.6 Å². The van der Waals surface area contributed by atoms with Crippen LogP contribution in [0.15, 0.2) is 23.1 Å². The molecule has 4 nitrogen and oxygen atoms in total. The third-order valence-electron chi connectivity index (χ3n) is 2.78. The first kappa shape index (κ1) is 16.9. The van der Waals surface area contributed by atoms with Crippen LogP contribution in [-0.4, -0.2) is 21.1 Å². The van der Waals surface area contributed by atoms with Crippen molar-refractivity contribution in [3.8, 4) is 0 Å². The normalized spacial score (nSPS) is 12.7. The molecule has 1 aromatic carbocycles. The van der Waals surface area contributed by atoms with Gasteiger partial charge >= 0.3 is 6.18 Å². The Kier molecular flexibility index (Phi) is 5.55. The van der Waals surface area contributed by atoms with E-state index in [2.05, 4.69) is 4.72 Å². The number of nitrogens with two attached hydrogens (primary N) is 1. The van der Waals surface area contributed by atoms with Gasteiger partial charge in [0.1, 0.15) is 0 Å². The van der Waals surface area contributed by atoms with Crippen LogP contribution in [0.2, 0.25) is 0 Å². The van der Waals surface area contributed by atoms with E-state index in [4.69, 9.17) is 5.73 Å². The Bertz CT molecular complexity index is 556. The summed E-state index contributed by atoms with van der Waals surface area (Å²) in [7, 11) is -3.80. The summed E-state index contributed by atoms with van der Waals surface area (Å²) in [4.78, 5) is 0.00978. The summed E-state index contributed by atoms with van der Waals surface area (Å²) in [5, 5.41) is 0. The van der Waals surface area contributed by atoms with Crippen LogP contribution in [-0.2, 0) is 16.6 Å². The molecule has 0 unspecified atom stereocenters.